The highest BCUT2D eigenvalue weighted by molar-refractivity contribution is 7.60. The lowest BCUT2D eigenvalue weighted by Gasteiger charge is -2.21. The molecule has 12 nitrogen and oxygen atoms in total. The first-order valence-electron chi connectivity index (χ1n) is 19.3. The number of H-pyrrole nitrogens is 1. The number of nitrogens with one attached hydrogen (secondary N) is 3. The Balaban J connectivity index is 0.000000256. The zero-order chi connectivity index (χ0) is 41.0. The van der Waals surface area contributed by atoms with E-state index in [0.29, 0.717) is 30.8 Å². The zero-order valence-corrected chi connectivity index (χ0v) is 34.6. The van der Waals surface area contributed by atoms with Crippen molar-refractivity contribution in [3.63, 3.8) is 0 Å². The second-order valence-corrected chi connectivity index (χ2v) is 17.3. The number of aromatic amines is 1. The number of amides is 3. The van der Waals surface area contributed by atoms with Gasteiger partial charge in [-0.05, 0) is 82.4 Å². The summed E-state index contributed by atoms with van der Waals surface area (Å²) in [6, 6.07) is 17.3. The van der Waals surface area contributed by atoms with E-state index in [-0.39, 0.29) is 29.7 Å². The fourth-order valence-corrected chi connectivity index (χ4v) is 8.12. The number of carbonyl (C=O) groups is 3. The van der Waals surface area contributed by atoms with Gasteiger partial charge in [-0.3, -0.25) is 18.9 Å². The number of nitrogens with zero attached hydrogens (tertiary/aromatic N) is 1. The Hall–Kier alpha value is -4.41. The average molecular weight is 783 g/mol. The first-order chi connectivity index (χ1) is 26.2. The number of benzene rings is 2. The van der Waals surface area contributed by atoms with E-state index in [9.17, 15) is 28.6 Å². The summed E-state index contributed by atoms with van der Waals surface area (Å²) in [5.41, 5.74) is 2.59. The molecule has 6 rings (SSSR count). The van der Waals surface area contributed by atoms with E-state index in [1.54, 1.807) is 38.3 Å². The van der Waals surface area contributed by atoms with Crippen LogP contribution in [0.5, 0.6) is 5.75 Å². The highest BCUT2D eigenvalue weighted by Crippen LogP contribution is 2.68. The Kier molecular flexibility index (Phi) is 20.0. The van der Waals surface area contributed by atoms with E-state index in [0.717, 1.165) is 54.2 Å². The summed E-state index contributed by atoms with van der Waals surface area (Å²) in [6.45, 7) is 17.3. The molecular formula is C42H63N4O8P. The third-order valence-corrected chi connectivity index (χ3v) is 12.1. The minimum Gasteiger partial charge on any atom is -0.497 e. The van der Waals surface area contributed by atoms with E-state index >= 15 is 0 Å². The summed E-state index contributed by atoms with van der Waals surface area (Å²) in [7, 11) is -1.66. The van der Waals surface area contributed by atoms with Gasteiger partial charge in [0.25, 0.3) is 0 Å². The van der Waals surface area contributed by atoms with Crippen LogP contribution in [-0.4, -0.2) is 77.5 Å². The largest absolute Gasteiger partial charge is 0.497 e. The molecule has 2 heterocycles. The van der Waals surface area contributed by atoms with Crippen molar-refractivity contribution in [1.29, 1.82) is 0 Å². The van der Waals surface area contributed by atoms with Gasteiger partial charge in [0.1, 0.15) is 17.1 Å². The van der Waals surface area contributed by atoms with Gasteiger partial charge in [0.05, 0.1) is 12.6 Å². The lowest BCUT2D eigenvalue weighted by molar-refractivity contribution is -0.118. The van der Waals surface area contributed by atoms with Gasteiger partial charge >= 0.3 is 6.09 Å². The molecule has 2 saturated carbocycles. The Labute approximate surface area is 326 Å². The fourth-order valence-electron chi connectivity index (χ4n) is 6.19. The zero-order valence-electron chi connectivity index (χ0n) is 33.7. The highest BCUT2D eigenvalue weighted by Gasteiger charge is 2.63. The van der Waals surface area contributed by atoms with Crippen molar-refractivity contribution < 1.29 is 33.3 Å². The summed E-state index contributed by atoms with van der Waals surface area (Å²) in [5.74, 6) is 1.50. The molecule has 0 spiro atoms. The molecule has 13 heteroatoms. The summed E-state index contributed by atoms with van der Waals surface area (Å²) >= 11 is 0. The molecule has 1 aromatic heterocycles. The van der Waals surface area contributed by atoms with Gasteiger partial charge in [-0.25, -0.2) is 4.79 Å². The second kappa shape index (κ2) is 23.5. The summed E-state index contributed by atoms with van der Waals surface area (Å²) in [6.07, 6.45) is 10.5. The summed E-state index contributed by atoms with van der Waals surface area (Å²) in [5, 5.41) is 4.83. The van der Waals surface area contributed by atoms with Gasteiger partial charge in [0.15, 0.2) is 5.43 Å². The Morgan fingerprint density at radius 2 is 1.73 bits per heavy atom. The summed E-state index contributed by atoms with van der Waals surface area (Å²) < 4.78 is 22.0. The minimum absolute atomic E-state index is 0.00950. The first kappa shape index (κ1) is 46.7. The molecule has 3 amide bonds. The number of ether oxygens (including phenoxy) is 2. The number of alkyl carbamates (subject to hydrolysis) is 1. The van der Waals surface area contributed by atoms with Crippen LogP contribution in [0.4, 0.5) is 4.79 Å². The van der Waals surface area contributed by atoms with Crippen molar-refractivity contribution in [3.05, 3.63) is 77.5 Å². The molecule has 1 aliphatic heterocycles. The third kappa shape index (κ3) is 14.6. The molecule has 3 aromatic rings. The molecule has 304 valence electrons. The molecule has 2 aromatic carbocycles. The van der Waals surface area contributed by atoms with Crippen LogP contribution in [0, 0.1) is 11.8 Å². The van der Waals surface area contributed by atoms with Gasteiger partial charge in [-0.2, -0.15) is 0 Å². The topological polar surface area (TPSA) is 167 Å². The van der Waals surface area contributed by atoms with Gasteiger partial charge in [-0.1, -0.05) is 64.1 Å². The lowest BCUT2D eigenvalue weighted by Crippen LogP contribution is -2.32. The van der Waals surface area contributed by atoms with Crippen LogP contribution < -0.4 is 20.8 Å². The molecule has 3 fully saturated rings. The van der Waals surface area contributed by atoms with E-state index in [2.05, 4.69) is 49.9 Å². The predicted octanol–water partition coefficient (Wildman–Crippen LogP) is 8.09. The van der Waals surface area contributed by atoms with Crippen molar-refractivity contribution in [2.45, 2.75) is 104 Å². The standard InChI is InChI=1S/C16H13NO2.C8H14NO3P.C8H15NO2.C6H11NO.C4H10/c1-19-12-7-8-13-15(9-12)17-14(10-16(13)18)11-5-3-2-4-6-11;1-3-7-5-8(7,9-6-10)13(11,12)4-2;1-2-9-8(10)11-7-5-3-4-6-7;1-6-3-2-4-7(6)5-8;1-4(2)3/h2-10H,1H3,(H,17,18);3,6-7H,1,4-5H2,2H3,(H,9,10)(H,11,12);7H,2-6H2,1H3,(H,9,10);5-6H,2-4H2,1H3;4H,1-3H3/t;7?,8-;;;/m.0.../s1. The van der Waals surface area contributed by atoms with Crippen LogP contribution in [-0.2, 0) is 18.9 Å². The second-order valence-electron chi connectivity index (χ2n) is 14.5. The number of carbonyl (C=O) groups excluding carboxylic acids is 3. The molecule has 55 heavy (non-hydrogen) atoms. The van der Waals surface area contributed by atoms with Crippen LogP contribution in [0.3, 0.4) is 0 Å². The van der Waals surface area contributed by atoms with Crippen molar-refractivity contribution in [2.24, 2.45) is 11.8 Å². The normalized spacial score (nSPS) is 20.6. The van der Waals surface area contributed by atoms with Crippen LogP contribution >= 0.6 is 7.37 Å². The molecular weight excluding hydrogens is 719 g/mol. The molecule has 4 N–H and O–H groups in total. The van der Waals surface area contributed by atoms with Crippen molar-refractivity contribution >= 4 is 37.2 Å². The third-order valence-electron chi connectivity index (χ3n) is 9.39. The number of methoxy groups -OCH3 is 1. The van der Waals surface area contributed by atoms with E-state index in [4.69, 9.17) is 9.47 Å². The van der Waals surface area contributed by atoms with Crippen LogP contribution in [0.15, 0.2) is 72.0 Å². The number of aromatic nitrogens is 1. The maximum absolute atomic E-state index is 12.1. The number of rotatable bonds is 10. The molecule has 3 aliphatic rings. The van der Waals surface area contributed by atoms with Crippen molar-refractivity contribution in [3.8, 4) is 17.0 Å². The smallest absolute Gasteiger partial charge is 0.407 e. The van der Waals surface area contributed by atoms with Crippen LogP contribution in [0.1, 0.15) is 86.5 Å². The minimum atomic E-state index is -3.27. The lowest BCUT2D eigenvalue weighted by atomic mass is 10.1. The number of pyridine rings is 1. The quantitative estimate of drug-likeness (QED) is 0.0910. The molecule has 3 unspecified atom stereocenters. The number of hydrogen-bond donors (Lipinski definition) is 4. The Bertz CT molecular complexity index is 1740. The maximum Gasteiger partial charge on any atom is 0.407 e. The summed E-state index contributed by atoms with van der Waals surface area (Å²) in [4.78, 5) is 58.2. The average Bonchev–Trinajstić information content (AvgIpc) is 3.41. The molecule has 0 bridgehead atoms. The number of hydrogen-bond acceptors (Lipinski definition) is 7. The first-order valence-corrected chi connectivity index (χ1v) is 21.1. The fraction of sp³-hybridized carbons (Fsp3) is 0.524. The van der Waals surface area contributed by atoms with Crippen molar-refractivity contribution in [1.82, 2.24) is 20.5 Å². The molecule has 1 saturated heterocycles. The van der Waals surface area contributed by atoms with E-state index in [1.165, 1.54) is 25.7 Å². The Morgan fingerprint density at radius 1 is 1.07 bits per heavy atom. The maximum atomic E-state index is 12.1. The molecule has 0 radical (unpaired) electrons. The van der Waals surface area contributed by atoms with E-state index in [1.807, 2.05) is 48.2 Å². The van der Waals surface area contributed by atoms with Gasteiger partial charge < -0.3 is 34.9 Å². The monoisotopic (exact) mass is 782 g/mol. The van der Waals surface area contributed by atoms with Crippen molar-refractivity contribution in [2.75, 3.05) is 26.4 Å². The number of fused-ring (bicyclic) bond motifs is 1. The van der Waals surface area contributed by atoms with Crippen LogP contribution in [0.2, 0.25) is 0 Å². The highest BCUT2D eigenvalue weighted by atomic mass is 31.2. The van der Waals surface area contributed by atoms with Crippen LogP contribution in [0.25, 0.3) is 22.2 Å². The number of likely N-dealkylation sites (tertiary alicyclic amines) is 1. The van der Waals surface area contributed by atoms with Gasteiger partial charge in [0.2, 0.25) is 20.2 Å². The SMILES string of the molecule is C=CC1C[C@]1(NC=O)P(=O)(O)CC.CC(C)C.CC1CCCN1C=O.CCNC(=O)OC1CCCC1.COc1ccc2c(=O)cc(-c3ccccc3)[nH]c2c1. The van der Waals surface area contributed by atoms with Gasteiger partial charge in [-0.15, -0.1) is 6.58 Å². The van der Waals surface area contributed by atoms with E-state index < -0.39 is 12.6 Å². The van der Waals surface area contributed by atoms with Gasteiger partial charge in [0, 0.05) is 54.4 Å². The molecule has 4 atom stereocenters. The Morgan fingerprint density at radius 3 is 2.20 bits per heavy atom. The molecule has 2 aliphatic carbocycles. The predicted molar refractivity (Wildman–Crippen MR) is 222 cm³/mol.